The summed E-state index contributed by atoms with van der Waals surface area (Å²) in [6, 6.07) is 4.23. The van der Waals surface area contributed by atoms with Gasteiger partial charge in [0.05, 0.1) is 5.56 Å². The van der Waals surface area contributed by atoms with Crippen molar-refractivity contribution in [1.29, 1.82) is 0 Å². The lowest BCUT2D eigenvalue weighted by Gasteiger charge is -2.35. The highest BCUT2D eigenvalue weighted by Crippen LogP contribution is 2.37. The highest BCUT2D eigenvalue weighted by atomic mass is 19.1. The molecule has 1 saturated carbocycles. The Morgan fingerprint density at radius 2 is 2.16 bits per heavy atom. The van der Waals surface area contributed by atoms with Crippen LogP contribution in [0, 0.1) is 17.7 Å². The molecule has 1 aliphatic heterocycles. The highest BCUT2D eigenvalue weighted by Gasteiger charge is 2.34. The molecular formula is C16H19FO2. The summed E-state index contributed by atoms with van der Waals surface area (Å²) in [6.45, 7) is 2.26. The first kappa shape index (κ1) is 12.6. The van der Waals surface area contributed by atoms with Gasteiger partial charge in [0.1, 0.15) is 17.7 Å². The van der Waals surface area contributed by atoms with E-state index in [9.17, 15) is 9.18 Å². The Kier molecular flexibility index (Phi) is 3.29. The average Bonchev–Trinajstić information content (AvgIpc) is 2.39. The Balaban J connectivity index is 1.81. The molecule has 1 aromatic rings. The molecule has 2 nitrogen and oxygen atoms in total. The summed E-state index contributed by atoms with van der Waals surface area (Å²) in [5.41, 5.74) is 0.403. The topological polar surface area (TPSA) is 26.3 Å². The van der Waals surface area contributed by atoms with Gasteiger partial charge in [-0.25, -0.2) is 4.39 Å². The van der Waals surface area contributed by atoms with Crippen molar-refractivity contribution >= 4 is 5.78 Å². The summed E-state index contributed by atoms with van der Waals surface area (Å²) in [4.78, 5) is 12.1. The van der Waals surface area contributed by atoms with E-state index in [4.69, 9.17) is 4.74 Å². The van der Waals surface area contributed by atoms with Gasteiger partial charge in [0.25, 0.3) is 0 Å². The maximum absolute atomic E-state index is 13.2. The molecule has 1 aromatic carbocycles. The molecule has 102 valence electrons. The highest BCUT2D eigenvalue weighted by molar-refractivity contribution is 5.99. The van der Waals surface area contributed by atoms with Crippen molar-refractivity contribution in [2.45, 2.75) is 45.1 Å². The van der Waals surface area contributed by atoms with Crippen molar-refractivity contribution in [2.75, 3.05) is 0 Å². The van der Waals surface area contributed by atoms with Crippen LogP contribution in [0.2, 0.25) is 0 Å². The van der Waals surface area contributed by atoms with Gasteiger partial charge in [-0.05, 0) is 42.9 Å². The number of carbonyl (C=O) groups excluding carboxylic acids is 1. The first-order valence-electron chi connectivity index (χ1n) is 7.13. The number of halogens is 1. The largest absolute Gasteiger partial charge is 0.489 e. The molecule has 3 atom stereocenters. The third-order valence-electron chi connectivity index (χ3n) is 4.41. The predicted molar refractivity (Wildman–Crippen MR) is 70.9 cm³/mol. The van der Waals surface area contributed by atoms with Crippen LogP contribution in [-0.2, 0) is 0 Å². The SMILES string of the molecule is CC1CCCC(C2CC(=O)c3cc(F)ccc3O2)C1. The fraction of sp³-hybridized carbons (Fsp3) is 0.562. The molecule has 0 aromatic heterocycles. The van der Waals surface area contributed by atoms with Gasteiger partial charge in [0.15, 0.2) is 5.78 Å². The number of Topliss-reactive ketones (excluding diaryl/α,β-unsaturated/α-hetero) is 1. The van der Waals surface area contributed by atoms with E-state index in [-0.39, 0.29) is 17.7 Å². The van der Waals surface area contributed by atoms with Crippen molar-refractivity contribution in [3.63, 3.8) is 0 Å². The number of benzene rings is 1. The van der Waals surface area contributed by atoms with Gasteiger partial charge in [0.2, 0.25) is 0 Å². The van der Waals surface area contributed by atoms with Crippen LogP contribution >= 0.6 is 0 Å². The number of ketones is 1. The first-order chi connectivity index (χ1) is 9.13. The van der Waals surface area contributed by atoms with E-state index in [1.54, 1.807) is 6.07 Å². The van der Waals surface area contributed by atoms with Crippen molar-refractivity contribution < 1.29 is 13.9 Å². The zero-order chi connectivity index (χ0) is 13.4. The Hall–Kier alpha value is -1.38. The molecule has 0 N–H and O–H groups in total. The van der Waals surface area contributed by atoms with Crippen LogP contribution < -0.4 is 4.74 Å². The van der Waals surface area contributed by atoms with Crippen LogP contribution in [0.4, 0.5) is 4.39 Å². The molecule has 3 heteroatoms. The fourth-order valence-electron chi connectivity index (χ4n) is 3.40. The number of ether oxygens (including phenoxy) is 1. The number of carbonyl (C=O) groups is 1. The molecule has 1 fully saturated rings. The number of hydrogen-bond acceptors (Lipinski definition) is 2. The molecule has 0 spiro atoms. The standard InChI is InChI=1S/C16H19FO2/c1-10-3-2-4-11(7-10)16-9-14(18)13-8-12(17)5-6-15(13)19-16/h5-6,8,10-11,16H,2-4,7,9H2,1H3. The quantitative estimate of drug-likeness (QED) is 0.765. The van der Waals surface area contributed by atoms with Crippen LogP contribution in [0.25, 0.3) is 0 Å². The molecule has 0 saturated heterocycles. The van der Waals surface area contributed by atoms with E-state index in [0.29, 0.717) is 29.6 Å². The zero-order valence-electron chi connectivity index (χ0n) is 11.2. The summed E-state index contributed by atoms with van der Waals surface area (Å²) in [7, 11) is 0. The summed E-state index contributed by atoms with van der Waals surface area (Å²) in [5, 5.41) is 0. The van der Waals surface area contributed by atoms with Crippen LogP contribution in [-0.4, -0.2) is 11.9 Å². The van der Waals surface area contributed by atoms with E-state index in [0.717, 1.165) is 12.8 Å². The first-order valence-corrected chi connectivity index (χ1v) is 7.13. The smallest absolute Gasteiger partial charge is 0.170 e. The van der Waals surface area contributed by atoms with Crippen molar-refractivity contribution in [3.8, 4) is 5.75 Å². The molecule has 1 aliphatic carbocycles. The molecule has 0 bridgehead atoms. The van der Waals surface area contributed by atoms with Crippen molar-refractivity contribution in [1.82, 2.24) is 0 Å². The van der Waals surface area contributed by atoms with Crippen molar-refractivity contribution in [2.24, 2.45) is 11.8 Å². The lowest BCUT2D eigenvalue weighted by molar-refractivity contribution is 0.0596. The monoisotopic (exact) mass is 262 g/mol. The second kappa shape index (κ2) is 4.95. The van der Waals surface area contributed by atoms with Crippen molar-refractivity contribution in [3.05, 3.63) is 29.6 Å². The minimum atomic E-state index is -0.375. The second-order valence-corrected chi connectivity index (χ2v) is 5.96. The Morgan fingerprint density at radius 3 is 2.95 bits per heavy atom. The van der Waals surface area contributed by atoms with Gasteiger partial charge < -0.3 is 4.74 Å². The summed E-state index contributed by atoms with van der Waals surface area (Å²) < 4.78 is 19.1. The second-order valence-electron chi connectivity index (χ2n) is 5.96. The van der Waals surface area contributed by atoms with Crippen LogP contribution in [0.3, 0.4) is 0 Å². The van der Waals surface area contributed by atoms with Crippen LogP contribution in [0.1, 0.15) is 49.4 Å². The van der Waals surface area contributed by atoms with Gasteiger partial charge in [-0.3, -0.25) is 4.79 Å². The number of rotatable bonds is 1. The van der Waals surface area contributed by atoms with Gasteiger partial charge in [0, 0.05) is 6.42 Å². The van der Waals surface area contributed by atoms with E-state index >= 15 is 0 Å². The molecule has 19 heavy (non-hydrogen) atoms. The lowest BCUT2D eigenvalue weighted by atomic mass is 9.77. The average molecular weight is 262 g/mol. The van der Waals surface area contributed by atoms with Gasteiger partial charge in [-0.1, -0.05) is 19.8 Å². The summed E-state index contributed by atoms with van der Waals surface area (Å²) >= 11 is 0. The minimum Gasteiger partial charge on any atom is -0.489 e. The number of hydrogen-bond donors (Lipinski definition) is 0. The predicted octanol–water partition coefficient (Wildman–Crippen LogP) is 3.99. The lowest BCUT2D eigenvalue weighted by Crippen LogP contribution is -2.36. The molecule has 0 amide bonds. The minimum absolute atomic E-state index is 0.0176. The third-order valence-corrected chi connectivity index (χ3v) is 4.41. The Labute approximate surface area is 113 Å². The molecule has 3 rings (SSSR count). The Bertz CT molecular complexity index is 498. The summed E-state index contributed by atoms with van der Waals surface area (Å²) in [6.07, 6.45) is 5.14. The molecular weight excluding hydrogens is 243 g/mol. The molecule has 2 aliphatic rings. The maximum Gasteiger partial charge on any atom is 0.170 e. The molecule has 1 heterocycles. The van der Waals surface area contributed by atoms with Crippen LogP contribution in [0.5, 0.6) is 5.75 Å². The van der Waals surface area contributed by atoms with Gasteiger partial charge in [-0.2, -0.15) is 0 Å². The maximum atomic E-state index is 13.2. The van der Waals surface area contributed by atoms with E-state index in [1.807, 2.05) is 0 Å². The normalized spacial score (nSPS) is 30.6. The molecule has 3 unspecified atom stereocenters. The third kappa shape index (κ3) is 2.51. The van der Waals surface area contributed by atoms with E-state index in [1.165, 1.54) is 25.0 Å². The van der Waals surface area contributed by atoms with Crippen LogP contribution in [0.15, 0.2) is 18.2 Å². The Morgan fingerprint density at radius 1 is 1.32 bits per heavy atom. The van der Waals surface area contributed by atoms with E-state index < -0.39 is 0 Å². The van der Waals surface area contributed by atoms with E-state index in [2.05, 4.69) is 6.92 Å². The molecule has 0 radical (unpaired) electrons. The summed E-state index contributed by atoms with van der Waals surface area (Å²) in [5.74, 6) is 1.38. The number of fused-ring (bicyclic) bond motifs is 1. The fourth-order valence-corrected chi connectivity index (χ4v) is 3.40. The van der Waals surface area contributed by atoms with Gasteiger partial charge in [-0.15, -0.1) is 0 Å². The van der Waals surface area contributed by atoms with Gasteiger partial charge >= 0.3 is 0 Å². The zero-order valence-corrected chi connectivity index (χ0v) is 11.2.